The van der Waals surface area contributed by atoms with E-state index < -0.39 is 37.4 Å². The van der Waals surface area contributed by atoms with E-state index in [2.05, 4.69) is 14.9 Å². The van der Waals surface area contributed by atoms with Gasteiger partial charge in [-0.25, -0.2) is 16.8 Å². The third-order valence-electron chi connectivity index (χ3n) is 5.08. The number of H-pyrrole nitrogens is 1. The van der Waals surface area contributed by atoms with Gasteiger partial charge in [-0.15, -0.1) is 5.10 Å². The maximum atomic E-state index is 13.2. The molecule has 0 amide bonds. The predicted molar refractivity (Wildman–Crippen MR) is 108 cm³/mol. The summed E-state index contributed by atoms with van der Waals surface area (Å²) in [5.74, 6) is -0.452. The number of nitrogens with zero attached hydrogens (tertiary/aromatic N) is 1. The molecular formula is C19H18F2N2O6S2. The highest BCUT2D eigenvalue weighted by Gasteiger charge is 2.37. The summed E-state index contributed by atoms with van der Waals surface area (Å²) in [5.41, 5.74) is 1.11. The van der Waals surface area contributed by atoms with Crippen LogP contribution in [-0.2, 0) is 24.4 Å². The first-order valence-corrected chi connectivity index (χ1v) is 12.5. The van der Waals surface area contributed by atoms with Crippen LogP contribution in [0.2, 0.25) is 0 Å². The van der Waals surface area contributed by atoms with E-state index in [1.165, 1.54) is 30.3 Å². The Kier molecular flexibility index (Phi) is 5.26. The Hall–Kier alpha value is -2.57. The molecule has 31 heavy (non-hydrogen) atoms. The van der Waals surface area contributed by atoms with Gasteiger partial charge in [-0.1, -0.05) is 12.1 Å². The number of fused-ring (bicyclic) bond motifs is 1. The molecule has 4 rings (SSSR count). The van der Waals surface area contributed by atoms with Gasteiger partial charge in [0.25, 0.3) is 0 Å². The zero-order valence-electron chi connectivity index (χ0n) is 16.4. The molecule has 1 saturated heterocycles. The molecular weight excluding hydrogens is 454 g/mol. The molecule has 3 aromatic rings. The van der Waals surface area contributed by atoms with Crippen molar-refractivity contribution in [3.63, 3.8) is 0 Å². The van der Waals surface area contributed by atoms with Crippen LogP contribution >= 0.6 is 0 Å². The molecule has 0 spiro atoms. The Morgan fingerprint density at radius 3 is 2.35 bits per heavy atom. The smallest absolute Gasteiger partial charge is 0.388 e. The van der Waals surface area contributed by atoms with Crippen LogP contribution in [0.5, 0.6) is 5.88 Å². The number of alkyl halides is 2. The number of hydrogen-bond acceptors (Lipinski definition) is 7. The van der Waals surface area contributed by atoms with Crippen molar-refractivity contribution in [2.45, 2.75) is 28.6 Å². The highest BCUT2D eigenvalue weighted by atomic mass is 32.2. The lowest BCUT2D eigenvalue weighted by molar-refractivity contribution is -0.0518. The largest absolute Gasteiger partial charge is 0.415 e. The number of aromatic amines is 1. The van der Waals surface area contributed by atoms with Crippen molar-refractivity contribution in [3.05, 3.63) is 35.9 Å². The van der Waals surface area contributed by atoms with Gasteiger partial charge in [0, 0.05) is 11.8 Å². The summed E-state index contributed by atoms with van der Waals surface area (Å²) < 4.78 is 85.9. The number of sulfone groups is 2. The van der Waals surface area contributed by atoms with Gasteiger partial charge in [-0.05, 0) is 36.2 Å². The molecule has 0 aliphatic carbocycles. The number of rotatable bonds is 6. The number of halogens is 2. The summed E-state index contributed by atoms with van der Waals surface area (Å²) in [7, 11) is -7.39. The summed E-state index contributed by atoms with van der Waals surface area (Å²) in [6, 6.07) is 7.09. The normalized spacial score (nSPS) is 15.4. The number of aryl methyl sites for hydroxylation is 1. The highest BCUT2D eigenvalue weighted by molar-refractivity contribution is 7.92. The lowest BCUT2D eigenvalue weighted by Gasteiger charge is -2.27. The average Bonchev–Trinajstić information content (AvgIpc) is 3.00. The molecule has 2 aromatic carbocycles. The quantitative estimate of drug-likeness (QED) is 0.586. The van der Waals surface area contributed by atoms with Gasteiger partial charge >= 0.3 is 6.61 Å². The molecule has 1 aliphatic rings. The first kappa shape index (κ1) is 21.7. The van der Waals surface area contributed by atoms with Crippen molar-refractivity contribution in [3.8, 4) is 17.0 Å². The van der Waals surface area contributed by atoms with Crippen LogP contribution in [0.4, 0.5) is 8.78 Å². The van der Waals surface area contributed by atoms with Gasteiger partial charge in [0.15, 0.2) is 19.7 Å². The molecule has 1 N–H and O–H groups in total. The zero-order chi connectivity index (χ0) is 22.6. The number of nitrogens with one attached hydrogen (secondary N) is 1. The van der Waals surface area contributed by atoms with Gasteiger partial charge in [-0.3, -0.25) is 5.10 Å². The van der Waals surface area contributed by atoms with Crippen LogP contribution in [0, 0.1) is 6.92 Å². The molecule has 1 aromatic heterocycles. The van der Waals surface area contributed by atoms with Gasteiger partial charge in [-0.2, -0.15) is 8.78 Å². The first-order valence-electron chi connectivity index (χ1n) is 9.08. The fraction of sp³-hybridized carbons (Fsp3) is 0.316. The second-order valence-corrected chi connectivity index (χ2v) is 11.4. The number of hydrogen-bond donors (Lipinski definition) is 1. The predicted octanol–water partition coefficient (Wildman–Crippen LogP) is 2.72. The first-order chi connectivity index (χ1) is 14.5. The lowest BCUT2D eigenvalue weighted by Crippen LogP contribution is -2.40. The maximum Gasteiger partial charge on any atom is 0.388 e. The van der Waals surface area contributed by atoms with Crippen molar-refractivity contribution in [1.29, 1.82) is 0 Å². The van der Waals surface area contributed by atoms with Crippen LogP contribution in [0.25, 0.3) is 22.0 Å². The molecule has 166 valence electrons. The van der Waals surface area contributed by atoms with E-state index >= 15 is 0 Å². The summed E-state index contributed by atoms with van der Waals surface area (Å²) in [5, 5.41) is 5.62. The summed E-state index contributed by atoms with van der Waals surface area (Å²) in [6.07, 6.45) is 1.06. The minimum Gasteiger partial charge on any atom is -0.415 e. The molecule has 8 nitrogen and oxygen atoms in total. The molecule has 1 fully saturated rings. The van der Waals surface area contributed by atoms with E-state index in [1.807, 2.05) is 0 Å². The van der Waals surface area contributed by atoms with E-state index in [4.69, 9.17) is 4.74 Å². The van der Waals surface area contributed by atoms with E-state index in [9.17, 15) is 25.6 Å². The number of aromatic nitrogens is 2. The summed E-state index contributed by atoms with van der Waals surface area (Å²) in [4.78, 5) is -0.0169. The Bertz CT molecular complexity index is 1380. The van der Waals surface area contributed by atoms with Gasteiger partial charge in [0.1, 0.15) is 5.25 Å². The van der Waals surface area contributed by atoms with Crippen molar-refractivity contribution in [2.24, 2.45) is 0 Å². The topological polar surface area (TPSA) is 115 Å². The van der Waals surface area contributed by atoms with E-state index in [-0.39, 0.29) is 34.0 Å². The Morgan fingerprint density at radius 2 is 1.81 bits per heavy atom. The van der Waals surface area contributed by atoms with Gasteiger partial charge < -0.3 is 9.47 Å². The SMILES string of the molecule is Cc1cc(-c2c(S(=O)(=O)C3COC3)ccc3[nH]nc(OC(F)F)c23)ccc1S(C)(=O)=O. The Labute approximate surface area is 177 Å². The molecule has 12 heteroatoms. The zero-order valence-corrected chi connectivity index (χ0v) is 18.1. The van der Waals surface area contributed by atoms with Crippen LogP contribution in [0.1, 0.15) is 5.56 Å². The monoisotopic (exact) mass is 472 g/mol. The maximum absolute atomic E-state index is 13.2. The molecule has 2 heterocycles. The third kappa shape index (κ3) is 3.79. The molecule has 0 bridgehead atoms. The molecule has 0 atom stereocenters. The number of benzene rings is 2. The third-order valence-corrected chi connectivity index (χ3v) is 8.44. The molecule has 1 aliphatic heterocycles. The van der Waals surface area contributed by atoms with Crippen LogP contribution in [-0.4, -0.2) is 58.4 Å². The van der Waals surface area contributed by atoms with E-state index in [0.29, 0.717) is 16.6 Å². The van der Waals surface area contributed by atoms with Crippen molar-refractivity contribution in [1.82, 2.24) is 10.2 Å². The van der Waals surface area contributed by atoms with Gasteiger partial charge in [0.2, 0.25) is 5.88 Å². The second kappa shape index (κ2) is 7.53. The fourth-order valence-corrected chi connectivity index (χ4v) is 6.18. The minimum atomic E-state index is -3.87. The minimum absolute atomic E-state index is 0.0254. The highest BCUT2D eigenvalue weighted by Crippen LogP contribution is 2.41. The van der Waals surface area contributed by atoms with Crippen molar-refractivity contribution >= 4 is 30.6 Å². The summed E-state index contributed by atoms with van der Waals surface area (Å²) >= 11 is 0. The Morgan fingerprint density at radius 1 is 1.13 bits per heavy atom. The standard InChI is InChI=1S/C19H18F2N2O6S2/c1-10-7-11(3-5-14(10)30(2,24)25)16-15(31(26,27)12-8-28-9-12)6-4-13-17(16)18(23-22-13)29-19(20)21/h3-7,12,19H,8-9H2,1-2H3,(H,22,23). The summed E-state index contributed by atoms with van der Waals surface area (Å²) in [6.45, 7) is -1.55. The second-order valence-electron chi connectivity index (χ2n) is 7.23. The lowest BCUT2D eigenvalue weighted by atomic mass is 10.00. The average molecular weight is 472 g/mol. The molecule has 0 unspecified atom stereocenters. The molecule has 0 radical (unpaired) electrons. The van der Waals surface area contributed by atoms with Crippen molar-refractivity contribution in [2.75, 3.05) is 19.5 Å². The van der Waals surface area contributed by atoms with E-state index in [1.54, 1.807) is 6.92 Å². The number of ether oxygens (including phenoxy) is 2. The van der Waals surface area contributed by atoms with Crippen LogP contribution < -0.4 is 4.74 Å². The van der Waals surface area contributed by atoms with Gasteiger partial charge in [0.05, 0.1) is 33.9 Å². The van der Waals surface area contributed by atoms with E-state index in [0.717, 1.165) is 6.26 Å². The fourth-order valence-electron chi connectivity index (χ4n) is 3.55. The van der Waals surface area contributed by atoms with Crippen LogP contribution in [0.15, 0.2) is 40.1 Å². The van der Waals surface area contributed by atoms with Crippen molar-refractivity contribution < 1.29 is 35.1 Å². The molecule has 0 saturated carbocycles. The Balaban J connectivity index is 2.04. The van der Waals surface area contributed by atoms with Crippen LogP contribution in [0.3, 0.4) is 0 Å².